The number of ketones is 1. The molecule has 0 radical (unpaired) electrons. The molecule has 0 spiro atoms. The van der Waals surface area contributed by atoms with Crippen molar-refractivity contribution in [2.24, 2.45) is 69.0 Å². The Morgan fingerprint density at radius 2 is 1.15 bits per heavy atom. The van der Waals surface area contributed by atoms with Crippen molar-refractivity contribution in [3.8, 4) is 0 Å². The van der Waals surface area contributed by atoms with Gasteiger partial charge in [-0.3, -0.25) is 4.79 Å². The summed E-state index contributed by atoms with van der Waals surface area (Å²) in [7, 11) is 0. The second-order valence-corrected chi connectivity index (χ2v) is 21.1. The zero-order chi connectivity index (χ0) is 39.4. The molecule has 9 aliphatic rings. The molecular weight excluding hydrogens is 689 g/mol. The molecule has 0 bridgehead atoms. The lowest BCUT2D eigenvalue weighted by molar-refractivity contribution is -0.301. The van der Waals surface area contributed by atoms with Crippen molar-refractivity contribution >= 4 is 5.78 Å². The van der Waals surface area contributed by atoms with Gasteiger partial charge in [-0.15, -0.1) is 0 Å². The van der Waals surface area contributed by atoms with E-state index in [-0.39, 0.29) is 36.6 Å². The Morgan fingerprint density at radius 1 is 0.655 bits per heavy atom. The molecule has 7 heteroatoms. The lowest BCUT2D eigenvalue weighted by Crippen LogP contribution is -2.55. The average molecular weight is 767 g/mol. The molecule has 0 aromatic carbocycles. The van der Waals surface area contributed by atoms with Crippen LogP contribution in [0.5, 0.6) is 0 Å². The fourth-order valence-electron chi connectivity index (χ4n) is 15.7. The number of fused-ring (bicyclic) bond motifs is 10. The van der Waals surface area contributed by atoms with Crippen LogP contribution in [0.25, 0.3) is 0 Å². The van der Waals surface area contributed by atoms with E-state index in [2.05, 4.69) is 46.8 Å². The first-order valence-electron chi connectivity index (χ1n) is 22.9. The van der Waals surface area contributed by atoms with Gasteiger partial charge in [0, 0.05) is 25.0 Å². The third-order valence-electron chi connectivity index (χ3n) is 18.7. The lowest BCUT2D eigenvalue weighted by atomic mass is 9.47. The highest BCUT2D eigenvalue weighted by Gasteiger charge is 2.63. The van der Waals surface area contributed by atoms with Crippen LogP contribution in [0.1, 0.15) is 157 Å². The van der Waals surface area contributed by atoms with E-state index in [0.29, 0.717) is 40.3 Å². The largest absolute Gasteiger partial charge is 0.396 e. The summed E-state index contributed by atoms with van der Waals surface area (Å²) in [4.78, 5) is 12.2. The standard InChI is InChI=1S/C24H38O3.C21H32O2.C3H8O2/c1-22-11-9-17(25)15-16(22)5-6-18-19-7-8-21(23(19,2)12-10-20(18)22)24(3)26-13-4-14-27-24;1-13(22)17-6-7-18-16-5-4-14-12-15(23)8-10-20(14,2)19(16)9-11-21(17,18)3;4-2-1-3-5/h5,17-21,25H,4,6-15H2,1-3H3;4,15-19,23H,5-12H2,1-3H3;4-5H,1-3H2/t17-,18-,19-,20-,21-,22-,23-;15-,16-,17+,18-,19-,20-,21+;/m00./s1. The predicted molar refractivity (Wildman–Crippen MR) is 217 cm³/mol. The molecule has 7 fully saturated rings. The summed E-state index contributed by atoms with van der Waals surface area (Å²) in [6.07, 6.45) is 25.0. The Balaban J connectivity index is 0.000000152. The molecule has 0 amide bonds. The van der Waals surface area contributed by atoms with E-state index in [1.54, 1.807) is 11.1 Å². The maximum Gasteiger partial charge on any atom is 0.168 e. The minimum Gasteiger partial charge on any atom is -0.396 e. The van der Waals surface area contributed by atoms with Gasteiger partial charge in [0.15, 0.2) is 5.79 Å². The smallest absolute Gasteiger partial charge is 0.168 e. The van der Waals surface area contributed by atoms with Crippen molar-refractivity contribution in [3.63, 3.8) is 0 Å². The van der Waals surface area contributed by atoms with Crippen LogP contribution < -0.4 is 0 Å². The van der Waals surface area contributed by atoms with E-state index in [1.807, 2.05) is 6.92 Å². The molecule has 8 aliphatic carbocycles. The van der Waals surface area contributed by atoms with Crippen LogP contribution in [0.4, 0.5) is 0 Å². The van der Waals surface area contributed by atoms with Gasteiger partial charge in [-0.1, -0.05) is 51.0 Å². The van der Waals surface area contributed by atoms with Crippen LogP contribution in [0.2, 0.25) is 0 Å². The van der Waals surface area contributed by atoms with Gasteiger partial charge in [0.1, 0.15) is 5.78 Å². The fourth-order valence-corrected chi connectivity index (χ4v) is 15.7. The van der Waals surface area contributed by atoms with Gasteiger partial charge in [0.05, 0.1) is 25.4 Å². The van der Waals surface area contributed by atoms with Crippen LogP contribution in [0.15, 0.2) is 23.3 Å². The molecule has 312 valence electrons. The number of hydrogen-bond acceptors (Lipinski definition) is 7. The van der Waals surface area contributed by atoms with Gasteiger partial charge in [-0.05, 0) is 187 Å². The minimum absolute atomic E-state index is 0.0938. The molecule has 0 aromatic rings. The number of carbonyl (C=O) groups is 1. The van der Waals surface area contributed by atoms with Gasteiger partial charge >= 0.3 is 0 Å². The lowest BCUT2D eigenvalue weighted by Gasteiger charge is -2.59. The molecule has 0 aromatic heterocycles. The van der Waals surface area contributed by atoms with Gasteiger partial charge < -0.3 is 29.9 Å². The first-order valence-corrected chi connectivity index (χ1v) is 22.9. The van der Waals surface area contributed by atoms with E-state index in [1.165, 1.54) is 64.2 Å². The minimum atomic E-state index is -0.372. The number of rotatable bonds is 4. The molecule has 1 heterocycles. The number of carbonyl (C=O) groups excluding carboxylic acids is 1. The second-order valence-electron chi connectivity index (χ2n) is 21.1. The van der Waals surface area contributed by atoms with Crippen molar-refractivity contribution in [3.05, 3.63) is 23.3 Å². The fraction of sp³-hybridized carbons (Fsp3) is 0.896. The molecule has 4 N–H and O–H groups in total. The maximum absolute atomic E-state index is 12.2. The topological polar surface area (TPSA) is 116 Å². The summed E-state index contributed by atoms with van der Waals surface area (Å²) in [5.41, 5.74) is 4.38. The first-order chi connectivity index (χ1) is 26.1. The summed E-state index contributed by atoms with van der Waals surface area (Å²) in [5, 5.41) is 36.1. The van der Waals surface area contributed by atoms with Crippen LogP contribution in [0, 0.1) is 69.0 Å². The average Bonchev–Trinajstić information content (AvgIpc) is 3.71. The maximum atomic E-state index is 12.2. The molecule has 9 rings (SSSR count). The highest BCUT2D eigenvalue weighted by molar-refractivity contribution is 5.79. The van der Waals surface area contributed by atoms with Crippen molar-refractivity contribution in [2.45, 2.75) is 175 Å². The SMILES string of the molecule is CC(=O)[C@H]1CC[C@H]2[C@@H]3CC=C4C[C@@H](O)CC[C@]4(C)[C@H]3CC[C@]12C.CC1([C@H]2CC[C@H]3[C@@H]4CC=C5C[C@@H](O)CC[C@]5(C)[C@H]4CC[C@]23C)OCCCO1.OCCCO. The van der Waals surface area contributed by atoms with Crippen molar-refractivity contribution in [2.75, 3.05) is 26.4 Å². The Morgan fingerprint density at radius 3 is 1.64 bits per heavy atom. The molecule has 7 nitrogen and oxygen atoms in total. The molecule has 0 unspecified atom stereocenters. The highest BCUT2D eigenvalue weighted by Crippen LogP contribution is 2.69. The predicted octanol–water partition coefficient (Wildman–Crippen LogP) is 8.96. The molecule has 1 saturated heterocycles. The monoisotopic (exact) mass is 767 g/mol. The highest BCUT2D eigenvalue weighted by atomic mass is 16.7. The van der Waals surface area contributed by atoms with Crippen LogP contribution >= 0.6 is 0 Å². The van der Waals surface area contributed by atoms with Crippen LogP contribution in [-0.4, -0.2) is 70.6 Å². The molecule has 6 saturated carbocycles. The summed E-state index contributed by atoms with van der Waals surface area (Å²) < 4.78 is 12.5. The van der Waals surface area contributed by atoms with Crippen LogP contribution in [0.3, 0.4) is 0 Å². The van der Waals surface area contributed by atoms with E-state index in [0.717, 1.165) is 93.7 Å². The van der Waals surface area contributed by atoms with Crippen molar-refractivity contribution in [1.29, 1.82) is 0 Å². The van der Waals surface area contributed by atoms with Gasteiger partial charge in [0.2, 0.25) is 0 Å². The Bertz CT molecular complexity index is 1430. The second kappa shape index (κ2) is 16.2. The van der Waals surface area contributed by atoms with E-state index < -0.39 is 0 Å². The zero-order valence-corrected chi connectivity index (χ0v) is 35.5. The number of allylic oxidation sites excluding steroid dienone is 2. The first kappa shape index (κ1) is 42.0. The van der Waals surface area contributed by atoms with Gasteiger partial charge in [0.25, 0.3) is 0 Å². The number of Topliss-reactive ketones (excluding diaryl/α,β-unsaturated/α-hetero) is 1. The Kier molecular flexibility index (Phi) is 12.4. The normalized spacial score (nSPS) is 48.0. The quantitative estimate of drug-likeness (QED) is 0.211. The molecule has 55 heavy (non-hydrogen) atoms. The van der Waals surface area contributed by atoms with E-state index >= 15 is 0 Å². The van der Waals surface area contributed by atoms with Crippen molar-refractivity contribution < 1.29 is 34.7 Å². The molecule has 14 atom stereocenters. The number of aliphatic hydroxyl groups excluding tert-OH is 4. The summed E-state index contributed by atoms with van der Waals surface area (Å²) in [5.74, 6) is 5.58. The molecule has 1 aliphatic heterocycles. The summed E-state index contributed by atoms with van der Waals surface area (Å²) in [6, 6.07) is 0. The van der Waals surface area contributed by atoms with Crippen LogP contribution in [-0.2, 0) is 14.3 Å². The van der Waals surface area contributed by atoms with Crippen molar-refractivity contribution in [1.82, 2.24) is 0 Å². The third-order valence-corrected chi connectivity index (χ3v) is 18.7. The van der Waals surface area contributed by atoms with E-state index in [9.17, 15) is 15.0 Å². The summed E-state index contributed by atoms with van der Waals surface area (Å²) >= 11 is 0. The molecular formula is C48H78O7. The summed E-state index contributed by atoms with van der Waals surface area (Å²) in [6.45, 7) is 15.9. The third kappa shape index (κ3) is 7.32. The van der Waals surface area contributed by atoms with Gasteiger partial charge in [-0.2, -0.15) is 0 Å². The number of aliphatic hydroxyl groups is 4. The van der Waals surface area contributed by atoms with Gasteiger partial charge in [-0.25, -0.2) is 0 Å². The number of hydrogen-bond donors (Lipinski definition) is 4. The van der Waals surface area contributed by atoms with E-state index in [4.69, 9.17) is 19.7 Å². The Hall–Kier alpha value is -1.09. The Labute approximate surface area is 333 Å². The zero-order valence-electron chi connectivity index (χ0n) is 35.5. The number of ether oxygens (including phenoxy) is 2.